The fourth-order valence-corrected chi connectivity index (χ4v) is 11.5. The Morgan fingerprint density at radius 1 is 1.08 bits per heavy atom. The standard InChI is InChI=1S/C46H58N6O8S2Si/c1-28-11-19-38(62-28)46(56,37-10-8-23-61-37)44(55)59-31-14-12-30(13-15-31)51(5)21-9-22-52-41-34(49-50-52)24-29(42-43(41)58-27-57-42)25-47-26-36(60-63(6,7)45(2,3)4)32-16-18-35(53)40-33(32)17-20-39(54)48-40/h8,10-11,16-20,23-24,30-31,36,47,53,56H,9,12-15,21-22,25-27H2,1-7H3,(H,48,54)/t30?,31?,36-,46-/m0/s1. The molecular weight excluding hydrogens is 857 g/mol. The fraction of sp³-hybridized carbons (Fsp3) is 0.478. The maximum absolute atomic E-state index is 13.6. The molecule has 0 radical (unpaired) electrons. The van der Waals surface area contributed by atoms with Crippen LogP contribution in [0.4, 0.5) is 0 Å². The van der Waals surface area contributed by atoms with Gasteiger partial charge in [-0.3, -0.25) is 4.79 Å². The summed E-state index contributed by atoms with van der Waals surface area (Å²) in [5.41, 5.74) is 1.60. The smallest absolute Gasteiger partial charge is 0.349 e. The number of phenols is 1. The van der Waals surface area contributed by atoms with E-state index in [0.717, 1.165) is 71.1 Å². The van der Waals surface area contributed by atoms with Crippen LogP contribution in [0.2, 0.25) is 18.1 Å². The van der Waals surface area contributed by atoms with Crippen LogP contribution >= 0.6 is 22.7 Å². The lowest BCUT2D eigenvalue weighted by atomic mass is 9.91. The zero-order valence-electron chi connectivity index (χ0n) is 37.0. The molecule has 0 saturated heterocycles. The number of thiophene rings is 2. The number of aliphatic hydroxyl groups is 1. The molecule has 0 spiro atoms. The Hall–Kier alpha value is -4.62. The van der Waals surface area contributed by atoms with Gasteiger partial charge in [0.25, 0.3) is 0 Å². The summed E-state index contributed by atoms with van der Waals surface area (Å²) in [6.07, 6.45) is 3.47. The van der Waals surface area contributed by atoms with Gasteiger partial charge in [0.05, 0.1) is 21.4 Å². The molecule has 4 aromatic heterocycles. The highest BCUT2D eigenvalue weighted by Gasteiger charge is 2.45. The van der Waals surface area contributed by atoms with Crippen molar-refractivity contribution in [2.45, 2.75) is 115 Å². The van der Waals surface area contributed by atoms with Gasteiger partial charge >= 0.3 is 5.97 Å². The van der Waals surface area contributed by atoms with E-state index in [1.807, 2.05) is 47.3 Å². The van der Waals surface area contributed by atoms with Crippen LogP contribution in [0.1, 0.15) is 84.7 Å². The predicted octanol–water partition coefficient (Wildman–Crippen LogP) is 8.10. The van der Waals surface area contributed by atoms with Crippen LogP contribution in [-0.4, -0.2) is 88.5 Å². The molecule has 1 aliphatic heterocycles. The summed E-state index contributed by atoms with van der Waals surface area (Å²) in [7, 11) is -0.124. The number of hydrogen-bond donors (Lipinski definition) is 4. The van der Waals surface area contributed by atoms with E-state index in [0.29, 0.717) is 52.4 Å². The Balaban J connectivity index is 0.885. The minimum absolute atomic E-state index is 0.0110. The number of fused-ring (bicyclic) bond motifs is 4. The summed E-state index contributed by atoms with van der Waals surface area (Å²) in [5.74, 6) is 0.713. The highest BCUT2D eigenvalue weighted by atomic mass is 32.1. The van der Waals surface area contributed by atoms with Crippen molar-refractivity contribution in [3.63, 3.8) is 0 Å². The van der Waals surface area contributed by atoms with Crippen molar-refractivity contribution in [3.05, 3.63) is 96.1 Å². The zero-order valence-corrected chi connectivity index (χ0v) is 39.7. The first-order valence-electron chi connectivity index (χ1n) is 21.7. The molecule has 2 aliphatic rings. The van der Waals surface area contributed by atoms with Gasteiger partial charge in [0.1, 0.15) is 22.9 Å². The third kappa shape index (κ3) is 9.19. The number of H-pyrrole nitrogens is 1. The number of phenolic OH excluding ortho intramolecular Hbond substituents is 1. The summed E-state index contributed by atoms with van der Waals surface area (Å²) < 4.78 is 27.1. The number of aromatic nitrogens is 4. The second-order valence-electron chi connectivity index (χ2n) is 18.3. The Morgan fingerprint density at radius 3 is 2.57 bits per heavy atom. The third-order valence-electron chi connectivity index (χ3n) is 13.0. The molecule has 5 heterocycles. The number of esters is 1. The van der Waals surface area contributed by atoms with Gasteiger partial charge in [-0.2, -0.15) is 0 Å². The van der Waals surface area contributed by atoms with E-state index in [4.69, 9.17) is 18.6 Å². The van der Waals surface area contributed by atoms with Crippen LogP contribution in [0, 0.1) is 6.92 Å². The average molecular weight is 915 g/mol. The number of ether oxygens (including phenoxy) is 3. The summed E-state index contributed by atoms with van der Waals surface area (Å²) in [5, 5.41) is 37.6. The topological polar surface area (TPSA) is 173 Å². The van der Waals surface area contributed by atoms with Crippen molar-refractivity contribution in [1.82, 2.24) is 30.2 Å². The molecule has 0 bridgehead atoms. The minimum Gasteiger partial charge on any atom is -0.506 e. The van der Waals surface area contributed by atoms with E-state index >= 15 is 0 Å². The van der Waals surface area contributed by atoms with E-state index < -0.39 is 19.9 Å². The van der Waals surface area contributed by atoms with Crippen molar-refractivity contribution >= 4 is 58.9 Å². The number of hydrogen-bond acceptors (Lipinski definition) is 14. The molecule has 0 amide bonds. The first-order chi connectivity index (χ1) is 30.0. The Labute approximate surface area is 376 Å². The number of aromatic hydroxyl groups is 1. The molecule has 1 fully saturated rings. The van der Waals surface area contributed by atoms with Gasteiger partial charge in [0.15, 0.2) is 19.8 Å². The Morgan fingerprint density at radius 2 is 1.86 bits per heavy atom. The number of benzene rings is 2. The maximum atomic E-state index is 13.6. The highest BCUT2D eigenvalue weighted by molar-refractivity contribution is 7.13. The summed E-state index contributed by atoms with van der Waals surface area (Å²) in [6.45, 7) is 15.5. The lowest BCUT2D eigenvalue weighted by molar-refractivity contribution is -0.169. The van der Waals surface area contributed by atoms with Crippen LogP contribution in [0.15, 0.2) is 64.8 Å². The van der Waals surface area contributed by atoms with Gasteiger partial charge < -0.3 is 44.1 Å². The third-order valence-corrected chi connectivity index (χ3v) is 19.6. The van der Waals surface area contributed by atoms with Crippen LogP contribution in [0.25, 0.3) is 21.9 Å². The van der Waals surface area contributed by atoms with Gasteiger partial charge in [-0.1, -0.05) is 38.1 Å². The summed E-state index contributed by atoms with van der Waals surface area (Å²) >= 11 is 2.77. The van der Waals surface area contributed by atoms with Crippen molar-refractivity contribution in [3.8, 4) is 17.2 Å². The molecule has 1 aliphatic carbocycles. The monoisotopic (exact) mass is 914 g/mol. The van der Waals surface area contributed by atoms with Crippen molar-refractivity contribution in [2.75, 3.05) is 26.9 Å². The first kappa shape index (κ1) is 45.0. The van der Waals surface area contributed by atoms with Gasteiger partial charge in [-0.25, -0.2) is 9.48 Å². The Kier molecular flexibility index (Phi) is 12.9. The second-order valence-corrected chi connectivity index (χ2v) is 25.3. The minimum atomic E-state index is -2.27. The molecule has 17 heteroatoms. The number of aryl methyl sites for hydroxylation is 2. The molecular formula is C46H58N6O8S2Si. The van der Waals surface area contributed by atoms with E-state index in [9.17, 15) is 19.8 Å². The maximum Gasteiger partial charge on any atom is 0.349 e. The van der Waals surface area contributed by atoms with Gasteiger partial charge in [0, 0.05) is 47.6 Å². The Bertz CT molecular complexity index is 2630. The van der Waals surface area contributed by atoms with Crippen molar-refractivity contribution in [1.29, 1.82) is 0 Å². The van der Waals surface area contributed by atoms with Crippen LogP contribution in [-0.2, 0) is 32.6 Å². The predicted molar refractivity (Wildman–Crippen MR) is 248 cm³/mol. The quantitative estimate of drug-likeness (QED) is 0.0544. The molecule has 8 rings (SSSR count). The van der Waals surface area contributed by atoms with Crippen LogP contribution in [0.3, 0.4) is 0 Å². The van der Waals surface area contributed by atoms with E-state index in [1.54, 1.807) is 18.2 Å². The first-order valence-corrected chi connectivity index (χ1v) is 26.3. The molecule has 4 N–H and O–H groups in total. The molecule has 2 atom stereocenters. The number of nitrogens with zero attached hydrogens (tertiary/aromatic N) is 4. The molecule has 0 unspecified atom stereocenters. The van der Waals surface area contributed by atoms with Crippen molar-refractivity contribution in [2.24, 2.45) is 0 Å². The van der Waals surface area contributed by atoms with Gasteiger partial charge in [-0.15, -0.1) is 27.8 Å². The number of rotatable bonds is 16. The number of carbonyl (C=O) groups is 1. The average Bonchev–Trinajstić information content (AvgIpc) is 4.09. The summed E-state index contributed by atoms with van der Waals surface area (Å²) in [6, 6.07) is 16.4. The van der Waals surface area contributed by atoms with Crippen molar-refractivity contribution < 1.29 is 33.6 Å². The number of aromatic amines is 1. The lowest BCUT2D eigenvalue weighted by Crippen LogP contribution is -2.43. The molecule has 63 heavy (non-hydrogen) atoms. The van der Waals surface area contributed by atoms with Gasteiger partial charge in [0.2, 0.25) is 18.0 Å². The van der Waals surface area contributed by atoms with Gasteiger partial charge in [-0.05, 0) is 118 Å². The largest absolute Gasteiger partial charge is 0.506 e. The second kappa shape index (κ2) is 18.1. The van der Waals surface area contributed by atoms with E-state index in [2.05, 4.69) is 66.4 Å². The highest BCUT2D eigenvalue weighted by Crippen LogP contribution is 2.44. The van der Waals surface area contributed by atoms with Crippen LogP contribution in [0.5, 0.6) is 17.2 Å². The number of pyridine rings is 1. The van der Waals surface area contributed by atoms with E-state index in [1.165, 1.54) is 28.7 Å². The lowest BCUT2D eigenvalue weighted by Gasteiger charge is -2.39. The zero-order chi connectivity index (χ0) is 44.7. The molecule has 2 aromatic carbocycles. The molecule has 336 valence electrons. The normalized spacial score (nSPS) is 18.3. The molecule has 14 nitrogen and oxygen atoms in total. The van der Waals surface area contributed by atoms with E-state index in [-0.39, 0.29) is 35.3 Å². The SMILES string of the molecule is Cc1ccc([C@](O)(C(=O)OC2CCC(N(C)CCCn3nnc4cc(CNC[C@H](O[Si](C)(C)C(C)(C)C)c5ccc(O)c6[nH]c(=O)ccc56)c5c(c43)OCO5)CC2)c2cccs2)s1. The summed E-state index contributed by atoms with van der Waals surface area (Å²) in [4.78, 5) is 33.1. The number of nitrogens with one attached hydrogen (secondary N) is 2. The molecule has 6 aromatic rings. The van der Waals surface area contributed by atoms with Crippen LogP contribution < -0.4 is 20.3 Å². The molecule has 1 saturated carbocycles. The number of carbonyl (C=O) groups excluding carboxylic acids is 1. The fourth-order valence-electron chi connectivity index (χ4n) is 8.42.